The van der Waals surface area contributed by atoms with Gasteiger partial charge < -0.3 is 4.74 Å². The smallest absolute Gasteiger partial charge is 0.355 e. The van der Waals surface area contributed by atoms with Crippen molar-refractivity contribution in [2.24, 2.45) is 5.10 Å². The van der Waals surface area contributed by atoms with Gasteiger partial charge in [0.1, 0.15) is 10.6 Å². The molecule has 0 aliphatic rings. The van der Waals surface area contributed by atoms with Gasteiger partial charge >= 0.3 is 5.97 Å². The Hall–Kier alpha value is -2.70. The predicted octanol–water partition coefficient (Wildman–Crippen LogP) is 8.93. The fourth-order valence-corrected chi connectivity index (χ4v) is 5.49. The van der Waals surface area contributed by atoms with E-state index in [1.54, 1.807) is 30.5 Å². The minimum absolute atomic E-state index is 0.0714. The number of amides is 1. The van der Waals surface area contributed by atoms with Gasteiger partial charge in [0.15, 0.2) is 0 Å². The maximum Gasteiger partial charge on any atom is 0.355 e. The molecule has 1 heterocycles. The summed E-state index contributed by atoms with van der Waals surface area (Å²) in [6.07, 6.45) is 15.9. The third-order valence-electron chi connectivity index (χ3n) is 6.22. The molecule has 3 rings (SSSR count). The standard InChI is InChI=1S/C30H37ClN2O3S/c1-2-3-4-5-6-7-8-9-10-11-12-17-27(34)33-32-22-23-18-20-24(21-19-23)36-30(35)29-28(31)25-15-13-14-16-26(25)37-29/h13-16,18-22H,2-12,17H2,1H3,(H,33,34). The molecule has 1 amide bonds. The van der Waals surface area contributed by atoms with Crippen LogP contribution in [0.25, 0.3) is 10.1 Å². The Bertz CT molecular complexity index is 1160. The predicted molar refractivity (Wildman–Crippen MR) is 155 cm³/mol. The monoisotopic (exact) mass is 540 g/mol. The van der Waals surface area contributed by atoms with Crippen LogP contribution < -0.4 is 10.2 Å². The number of carbonyl (C=O) groups is 2. The highest BCUT2D eigenvalue weighted by Crippen LogP contribution is 2.35. The van der Waals surface area contributed by atoms with E-state index in [9.17, 15) is 9.59 Å². The minimum Gasteiger partial charge on any atom is -0.422 e. The number of rotatable bonds is 16. The van der Waals surface area contributed by atoms with Crippen LogP contribution in [0.2, 0.25) is 5.02 Å². The molecule has 0 radical (unpaired) electrons. The summed E-state index contributed by atoms with van der Waals surface area (Å²) in [7, 11) is 0. The molecule has 1 aromatic heterocycles. The quantitative estimate of drug-likeness (QED) is 0.0648. The number of ether oxygens (including phenoxy) is 1. The van der Waals surface area contributed by atoms with Crippen molar-refractivity contribution in [1.29, 1.82) is 0 Å². The Morgan fingerprint density at radius 3 is 2.16 bits per heavy atom. The lowest BCUT2D eigenvalue weighted by Gasteiger charge is -2.04. The van der Waals surface area contributed by atoms with E-state index in [1.807, 2.05) is 24.3 Å². The topological polar surface area (TPSA) is 67.8 Å². The van der Waals surface area contributed by atoms with E-state index in [0.29, 0.717) is 22.1 Å². The number of unbranched alkanes of at least 4 members (excludes halogenated alkanes) is 10. The number of benzene rings is 2. The van der Waals surface area contributed by atoms with E-state index in [2.05, 4.69) is 17.5 Å². The van der Waals surface area contributed by atoms with Crippen molar-refractivity contribution in [3.8, 4) is 5.75 Å². The number of halogens is 1. The lowest BCUT2D eigenvalue weighted by atomic mass is 10.1. The Morgan fingerprint density at radius 1 is 0.892 bits per heavy atom. The lowest BCUT2D eigenvalue weighted by Crippen LogP contribution is -2.16. The number of hydrogen-bond acceptors (Lipinski definition) is 5. The molecule has 0 aliphatic heterocycles. The molecule has 2 aromatic carbocycles. The third kappa shape index (κ3) is 9.94. The second kappa shape index (κ2) is 16.2. The van der Waals surface area contributed by atoms with Crippen molar-refractivity contribution < 1.29 is 14.3 Å². The molecule has 0 spiro atoms. The first kappa shape index (κ1) is 28.9. The minimum atomic E-state index is -0.484. The number of esters is 1. The molecule has 3 aromatic rings. The van der Waals surface area contributed by atoms with E-state index in [1.165, 1.54) is 69.1 Å². The first-order valence-corrected chi connectivity index (χ1v) is 14.6. The average Bonchev–Trinajstić information content (AvgIpc) is 3.25. The molecule has 1 N–H and O–H groups in total. The molecule has 0 saturated heterocycles. The number of carbonyl (C=O) groups excluding carboxylic acids is 2. The first-order valence-electron chi connectivity index (χ1n) is 13.4. The number of thiophene rings is 1. The van der Waals surface area contributed by atoms with Gasteiger partial charge in [-0.25, -0.2) is 10.2 Å². The molecule has 5 nitrogen and oxygen atoms in total. The van der Waals surface area contributed by atoms with Crippen LogP contribution in [0.15, 0.2) is 53.6 Å². The molecule has 0 atom stereocenters. The summed E-state index contributed by atoms with van der Waals surface area (Å²) in [5.74, 6) is -0.142. The van der Waals surface area contributed by atoms with Gasteiger partial charge in [-0.1, -0.05) is 101 Å². The van der Waals surface area contributed by atoms with Gasteiger partial charge in [0.25, 0.3) is 0 Å². The average molecular weight is 541 g/mol. The van der Waals surface area contributed by atoms with Gasteiger partial charge in [-0.2, -0.15) is 5.10 Å². The SMILES string of the molecule is CCCCCCCCCCCCCC(=O)NN=Cc1ccc(OC(=O)c2sc3ccccc3c2Cl)cc1. The summed E-state index contributed by atoms with van der Waals surface area (Å²) in [6.45, 7) is 2.25. The van der Waals surface area contributed by atoms with Crippen molar-refractivity contribution in [3.05, 3.63) is 64.0 Å². The Morgan fingerprint density at radius 2 is 1.51 bits per heavy atom. The first-order chi connectivity index (χ1) is 18.1. The van der Waals surface area contributed by atoms with Crippen molar-refractivity contribution in [2.45, 2.75) is 84.0 Å². The maximum absolute atomic E-state index is 12.6. The highest BCUT2D eigenvalue weighted by atomic mass is 35.5. The largest absolute Gasteiger partial charge is 0.422 e. The number of nitrogens with zero attached hydrogens (tertiary/aromatic N) is 1. The van der Waals surface area contributed by atoms with Crippen LogP contribution >= 0.6 is 22.9 Å². The Labute approximate surface area is 229 Å². The molecular formula is C30H37ClN2O3S. The molecule has 0 aliphatic carbocycles. The molecule has 198 valence electrons. The summed E-state index contributed by atoms with van der Waals surface area (Å²) in [6, 6.07) is 14.5. The van der Waals surface area contributed by atoms with Crippen LogP contribution in [0.5, 0.6) is 5.75 Å². The zero-order valence-electron chi connectivity index (χ0n) is 21.6. The summed E-state index contributed by atoms with van der Waals surface area (Å²) < 4.78 is 6.43. The number of hydrogen-bond donors (Lipinski definition) is 1. The number of fused-ring (bicyclic) bond motifs is 1. The van der Waals surface area contributed by atoms with E-state index in [-0.39, 0.29) is 5.91 Å². The summed E-state index contributed by atoms with van der Waals surface area (Å²) in [4.78, 5) is 25.0. The Balaban J connectivity index is 1.30. The third-order valence-corrected chi connectivity index (χ3v) is 7.88. The van der Waals surface area contributed by atoms with Gasteiger partial charge in [-0.05, 0) is 42.3 Å². The maximum atomic E-state index is 12.6. The van der Waals surface area contributed by atoms with Gasteiger partial charge in [0.05, 0.1) is 11.2 Å². The summed E-state index contributed by atoms with van der Waals surface area (Å²) in [5.41, 5.74) is 3.37. The molecule has 0 saturated carbocycles. The summed E-state index contributed by atoms with van der Waals surface area (Å²) in [5, 5.41) is 5.30. The zero-order valence-corrected chi connectivity index (χ0v) is 23.2. The molecule has 0 fully saturated rings. The van der Waals surface area contributed by atoms with Gasteiger partial charge in [-0.3, -0.25) is 4.79 Å². The van der Waals surface area contributed by atoms with Crippen molar-refractivity contribution in [3.63, 3.8) is 0 Å². The number of nitrogens with one attached hydrogen (secondary N) is 1. The second-order valence-corrected chi connectivity index (χ2v) is 10.7. The van der Waals surface area contributed by atoms with Crippen LogP contribution in [0.1, 0.15) is 99.2 Å². The van der Waals surface area contributed by atoms with E-state index in [4.69, 9.17) is 16.3 Å². The van der Waals surface area contributed by atoms with Crippen LogP contribution in [0, 0.1) is 0 Å². The van der Waals surface area contributed by atoms with E-state index < -0.39 is 5.97 Å². The molecule has 37 heavy (non-hydrogen) atoms. The van der Waals surface area contributed by atoms with Crippen LogP contribution in [0.3, 0.4) is 0 Å². The molecular weight excluding hydrogens is 504 g/mol. The van der Waals surface area contributed by atoms with Crippen LogP contribution in [0.4, 0.5) is 0 Å². The summed E-state index contributed by atoms with van der Waals surface area (Å²) >= 11 is 7.68. The van der Waals surface area contributed by atoms with Gasteiger partial charge in [0, 0.05) is 16.5 Å². The number of hydrazone groups is 1. The fraction of sp³-hybridized carbons (Fsp3) is 0.433. The van der Waals surface area contributed by atoms with Gasteiger partial charge in [-0.15, -0.1) is 11.3 Å². The van der Waals surface area contributed by atoms with Crippen LogP contribution in [-0.4, -0.2) is 18.1 Å². The normalized spacial score (nSPS) is 11.3. The van der Waals surface area contributed by atoms with E-state index >= 15 is 0 Å². The highest BCUT2D eigenvalue weighted by Gasteiger charge is 2.18. The van der Waals surface area contributed by atoms with Gasteiger partial charge in [0.2, 0.25) is 5.91 Å². The highest BCUT2D eigenvalue weighted by molar-refractivity contribution is 7.21. The molecule has 0 bridgehead atoms. The fourth-order valence-electron chi connectivity index (χ4n) is 4.11. The molecule has 7 heteroatoms. The zero-order chi connectivity index (χ0) is 26.3. The Kier molecular flexibility index (Phi) is 12.6. The molecule has 0 unspecified atom stereocenters. The van der Waals surface area contributed by atoms with Crippen molar-refractivity contribution >= 4 is 51.1 Å². The van der Waals surface area contributed by atoms with E-state index in [0.717, 1.165) is 28.5 Å². The second-order valence-electron chi connectivity index (χ2n) is 9.28. The van der Waals surface area contributed by atoms with Crippen LogP contribution in [-0.2, 0) is 4.79 Å². The lowest BCUT2D eigenvalue weighted by molar-refractivity contribution is -0.121. The van der Waals surface area contributed by atoms with Crippen molar-refractivity contribution in [1.82, 2.24) is 5.43 Å². The van der Waals surface area contributed by atoms with Crippen molar-refractivity contribution in [2.75, 3.05) is 0 Å².